The minimum Gasteiger partial charge on any atom is -0.349 e. The van der Waals surface area contributed by atoms with Crippen LogP contribution in [0.5, 0.6) is 0 Å². The largest absolute Gasteiger partial charge is 0.349 e. The van der Waals surface area contributed by atoms with Crippen molar-refractivity contribution in [1.82, 2.24) is 9.47 Å². The molecule has 0 unspecified atom stereocenters. The van der Waals surface area contributed by atoms with Crippen molar-refractivity contribution in [2.24, 2.45) is 0 Å². The third-order valence-corrected chi connectivity index (χ3v) is 2.44. The number of pyridine rings is 1. The molecular formula is C12H18N2O2. The molecule has 1 amide bonds. The first-order chi connectivity index (χ1) is 7.50. The quantitative estimate of drug-likeness (QED) is 0.763. The van der Waals surface area contributed by atoms with Gasteiger partial charge in [0.05, 0.1) is 0 Å². The molecule has 0 saturated heterocycles. The number of aromatic nitrogens is 1. The zero-order valence-electron chi connectivity index (χ0n) is 10.1. The van der Waals surface area contributed by atoms with Crippen LogP contribution >= 0.6 is 0 Å². The molecule has 4 heteroatoms. The second-order valence-corrected chi connectivity index (χ2v) is 4.13. The van der Waals surface area contributed by atoms with Gasteiger partial charge in [-0.05, 0) is 25.0 Å². The smallest absolute Gasteiger partial charge is 0.250 e. The zero-order chi connectivity index (χ0) is 12.1. The van der Waals surface area contributed by atoms with E-state index in [1.165, 1.54) is 0 Å². The molecule has 0 aliphatic heterocycles. The van der Waals surface area contributed by atoms with E-state index in [9.17, 15) is 9.59 Å². The van der Waals surface area contributed by atoms with Crippen molar-refractivity contribution in [3.63, 3.8) is 0 Å². The number of nitrogens with zero attached hydrogens (tertiary/aromatic N) is 2. The lowest BCUT2D eigenvalue weighted by Crippen LogP contribution is -2.23. The zero-order valence-corrected chi connectivity index (χ0v) is 10.1. The molecule has 0 saturated carbocycles. The molecule has 0 N–H and O–H groups in total. The number of hydrogen-bond donors (Lipinski definition) is 0. The molecule has 0 radical (unpaired) electrons. The van der Waals surface area contributed by atoms with Crippen molar-refractivity contribution in [3.05, 3.63) is 34.2 Å². The van der Waals surface area contributed by atoms with Gasteiger partial charge in [0.2, 0.25) is 5.91 Å². The van der Waals surface area contributed by atoms with Crippen LogP contribution in [0.2, 0.25) is 0 Å². The standard InChI is InChI=1S/C12H18N2O2/c1-10-6-8-14(12(16)9-10)7-4-5-11(15)13(2)3/h6,8-9H,4-5,7H2,1-3H3. The highest BCUT2D eigenvalue weighted by Gasteiger charge is 2.03. The highest BCUT2D eigenvalue weighted by molar-refractivity contribution is 5.75. The summed E-state index contributed by atoms with van der Waals surface area (Å²) in [5.74, 6) is 0.0974. The topological polar surface area (TPSA) is 42.3 Å². The van der Waals surface area contributed by atoms with E-state index in [0.29, 0.717) is 19.4 Å². The van der Waals surface area contributed by atoms with E-state index in [4.69, 9.17) is 0 Å². The Labute approximate surface area is 95.5 Å². The van der Waals surface area contributed by atoms with Gasteiger partial charge in [-0.2, -0.15) is 0 Å². The van der Waals surface area contributed by atoms with Crippen LogP contribution in [0.1, 0.15) is 18.4 Å². The molecule has 1 heterocycles. The van der Waals surface area contributed by atoms with Crippen LogP contribution < -0.4 is 5.56 Å². The molecule has 1 rings (SSSR count). The lowest BCUT2D eigenvalue weighted by atomic mass is 10.2. The van der Waals surface area contributed by atoms with Gasteiger partial charge in [0.1, 0.15) is 0 Å². The summed E-state index contributed by atoms with van der Waals surface area (Å²) in [6, 6.07) is 3.50. The van der Waals surface area contributed by atoms with Crippen LogP contribution in [0.4, 0.5) is 0 Å². The fourth-order valence-electron chi connectivity index (χ4n) is 1.42. The molecule has 4 nitrogen and oxygen atoms in total. The Kier molecular flexibility index (Phi) is 4.28. The summed E-state index contributed by atoms with van der Waals surface area (Å²) in [5.41, 5.74) is 0.961. The summed E-state index contributed by atoms with van der Waals surface area (Å²) >= 11 is 0. The Morgan fingerprint density at radius 2 is 2.12 bits per heavy atom. The number of carbonyl (C=O) groups excluding carboxylic acids is 1. The van der Waals surface area contributed by atoms with Crippen molar-refractivity contribution < 1.29 is 4.79 Å². The van der Waals surface area contributed by atoms with E-state index in [1.54, 1.807) is 35.8 Å². The number of carbonyl (C=O) groups is 1. The van der Waals surface area contributed by atoms with Crippen LogP contribution in [0, 0.1) is 6.92 Å². The van der Waals surface area contributed by atoms with Gasteiger partial charge < -0.3 is 9.47 Å². The predicted octanol–water partition coefficient (Wildman–Crippen LogP) is 1.03. The van der Waals surface area contributed by atoms with E-state index in [1.807, 2.05) is 13.0 Å². The van der Waals surface area contributed by atoms with Gasteiger partial charge in [-0.25, -0.2) is 0 Å². The number of hydrogen-bond acceptors (Lipinski definition) is 2. The maximum atomic E-state index is 11.5. The molecule has 1 aromatic heterocycles. The molecule has 0 aromatic carbocycles. The van der Waals surface area contributed by atoms with Gasteiger partial charge in [0, 0.05) is 39.3 Å². The summed E-state index contributed by atoms with van der Waals surface area (Å²) in [4.78, 5) is 24.4. The lowest BCUT2D eigenvalue weighted by Gasteiger charge is -2.10. The van der Waals surface area contributed by atoms with Gasteiger partial charge >= 0.3 is 0 Å². The number of aryl methyl sites for hydroxylation is 2. The van der Waals surface area contributed by atoms with Crippen molar-refractivity contribution in [3.8, 4) is 0 Å². The maximum Gasteiger partial charge on any atom is 0.250 e. The number of amides is 1. The molecule has 0 atom stereocenters. The van der Waals surface area contributed by atoms with E-state index in [2.05, 4.69) is 0 Å². The average Bonchev–Trinajstić information content (AvgIpc) is 2.20. The molecule has 16 heavy (non-hydrogen) atoms. The predicted molar refractivity (Wildman–Crippen MR) is 63.4 cm³/mol. The normalized spacial score (nSPS) is 10.2. The van der Waals surface area contributed by atoms with Gasteiger partial charge in [0.25, 0.3) is 5.56 Å². The Morgan fingerprint density at radius 1 is 1.44 bits per heavy atom. The first-order valence-electron chi connectivity index (χ1n) is 5.38. The van der Waals surface area contributed by atoms with Crippen molar-refractivity contribution in [2.75, 3.05) is 14.1 Å². The SMILES string of the molecule is Cc1ccn(CCCC(=O)N(C)C)c(=O)c1. The van der Waals surface area contributed by atoms with Crippen molar-refractivity contribution in [1.29, 1.82) is 0 Å². The number of rotatable bonds is 4. The first-order valence-corrected chi connectivity index (χ1v) is 5.38. The molecule has 1 aromatic rings. The maximum absolute atomic E-state index is 11.5. The third-order valence-electron chi connectivity index (χ3n) is 2.44. The molecule has 0 fully saturated rings. The van der Waals surface area contributed by atoms with Crippen LogP contribution in [0.25, 0.3) is 0 Å². The minimum atomic E-state index is -0.00250. The summed E-state index contributed by atoms with van der Waals surface area (Å²) in [7, 11) is 3.47. The lowest BCUT2D eigenvalue weighted by molar-refractivity contribution is -0.128. The van der Waals surface area contributed by atoms with E-state index in [0.717, 1.165) is 5.56 Å². The summed E-state index contributed by atoms with van der Waals surface area (Å²) in [6.45, 7) is 2.49. The Morgan fingerprint density at radius 3 is 2.69 bits per heavy atom. The summed E-state index contributed by atoms with van der Waals surface area (Å²) in [6.07, 6.45) is 2.95. The highest BCUT2D eigenvalue weighted by Crippen LogP contribution is 1.97. The summed E-state index contributed by atoms with van der Waals surface area (Å²) in [5, 5.41) is 0. The van der Waals surface area contributed by atoms with Crippen molar-refractivity contribution >= 4 is 5.91 Å². The molecule has 0 spiro atoms. The molecule has 88 valence electrons. The highest BCUT2D eigenvalue weighted by atomic mass is 16.2. The first kappa shape index (κ1) is 12.5. The second kappa shape index (κ2) is 5.49. The minimum absolute atomic E-state index is 0.00250. The Bertz CT molecular complexity index is 421. The molecule has 0 aliphatic rings. The Hall–Kier alpha value is -1.58. The third kappa shape index (κ3) is 3.53. The van der Waals surface area contributed by atoms with Crippen LogP contribution in [-0.2, 0) is 11.3 Å². The monoisotopic (exact) mass is 222 g/mol. The van der Waals surface area contributed by atoms with E-state index in [-0.39, 0.29) is 11.5 Å². The fraction of sp³-hybridized carbons (Fsp3) is 0.500. The fourth-order valence-corrected chi connectivity index (χ4v) is 1.42. The molecular weight excluding hydrogens is 204 g/mol. The van der Waals surface area contributed by atoms with Crippen LogP contribution in [0.15, 0.2) is 23.1 Å². The van der Waals surface area contributed by atoms with Crippen LogP contribution in [-0.4, -0.2) is 29.5 Å². The molecule has 0 bridgehead atoms. The van der Waals surface area contributed by atoms with Gasteiger partial charge in [-0.3, -0.25) is 9.59 Å². The van der Waals surface area contributed by atoms with Crippen molar-refractivity contribution in [2.45, 2.75) is 26.3 Å². The van der Waals surface area contributed by atoms with Gasteiger partial charge in [-0.15, -0.1) is 0 Å². The Balaban J connectivity index is 2.50. The van der Waals surface area contributed by atoms with Gasteiger partial charge in [0.15, 0.2) is 0 Å². The molecule has 0 aliphatic carbocycles. The van der Waals surface area contributed by atoms with Gasteiger partial charge in [-0.1, -0.05) is 0 Å². The van der Waals surface area contributed by atoms with E-state index >= 15 is 0 Å². The average molecular weight is 222 g/mol. The van der Waals surface area contributed by atoms with Crippen LogP contribution in [0.3, 0.4) is 0 Å². The second-order valence-electron chi connectivity index (χ2n) is 4.13. The summed E-state index contributed by atoms with van der Waals surface area (Å²) < 4.78 is 1.63. The van der Waals surface area contributed by atoms with E-state index < -0.39 is 0 Å².